The van der Waals surface area contributed by atoms with Crippen LogP contribution in [0.3, 0.4) is 0 Å². The third kappa shape index (κ3) is 4.03. The van der Waals surface area contributed by atoms with E-state index in [1.165, 1.54) is 6.42 Å². The number of thioether (sulfide) groups is 2. The van der Waals surface area contributed by atoms with Crippen molar-refractivity contribution < 1.29 is 14.6 Å². The number of aliphatic hydroxyl groups excluding tert-OH is 1. The Hall–Kier alpha value is 0.580. The van der Waals surface area contributed by atoms with E-state index in [1.807, 2.05) is 37.4 Å². The number of hydrogen-bond acceptors (Lipinski definition) is 5. The first-order chi connectivity index (χ1) is 8.91. The van der Waals surface area contributed by atoms with Crippen molar-refractivity contribution in [3.8, 4) is 0 Å². The summed E-state index contributed by atoms with van der Waals surface area (Å²) in [7, 11) is 0. The molecule has 2 heterocycles. The number of aliphatic hydroxyl groups is 1. The van der Waals surface area contributed by atoms with Gasteiger partial charge in [-0.15, -0.1) is 23.5 Å². The first-order valence-corrected chi connectivity index (χ1v) is 9.23. The van der Waals surface area contributed by atoms with Crippen LogP contribution in [0.4, 0.5) is 0 Å². The predicted molar refractivity (Wildman–Crippen MR) is 82.6 cm³/mol. The quantitative estimate of drug-likeness (QED) is 0.868. The van der Waals surface area contributed by atoms with E-state index < -0.39 is 5.79 Å². The number of hydrogen-bond donors (Lipinski definition) is 1. The van der Waals surface area contributed by atoms with Gasteiger partial charge in [-0.3, -0.25) is 0 Å². The molecular weight excluding hydrogens is 280 g/mol. The van der Waals surface area contributed by atoms with E-state index in [0.717, 1.165) is 11.5 Å². The minimum Gasteiger partial charge on any atom is -0.391 e. The Morgan fingerprint density at radius 1 is 1.26 bits per heavy atom. The maximum absolute atomic E-state index is 10.6. The van der Waals surface area contributed by atoms with Gasteiger partial charge in [0.25, 0.3) is 0 Å². The molecule has 0 aromatic carbocycles. The fraction of sp³-hybridized carbons (Fsp3) is 1.00. The van der Waals surface area contributed by atoms with Crippen molar-refractivity contribution in [2.45, 2.75) is 56.7 Å². The molecule has 0 aromatic heterocycles. The fourth-order valence-corrected chi connectivity index (χ4v) is 5.80. The highest BCUT2D eigenvalue weighted by Crippen LogP contribution is 2.39. The molecule has 2 saturated heterocycles. The Kier molecular flexibility index (Phi) is 5.51. The molecule has 112 valence electrons. The van der Waals surface area contributed by atoms with E-state index in [0.29, 0.717) is 17.1 Å². The standard InChI is InChI=1S/C14H26O3S2/c1-9-8-16-14(3,4)17-12(9)10(2)11(15)13-18-6-5-7-19-13/h9-13,15H,5-8H2,1-4H3/t9-,10+,11-,12+/m0/s1. The molecule has 2 aliphatic rings. The van der Waals surface area contributed by atoms with Crippen LogP contribution in [0, 0.1) is 11.8 Å². The van der Waals surface area contributed by atoms with Gasteiger partial charge in [-0.1, -0.05) is 13.8 Å². The van der Waals surface area contributed by atoms with Gasteiger partial charge >= 0.3 is 0 Å². The van der Waals surface area contributed by atoms with E-state index in [9.17, 15) is 5.11 Å². The Balaban J connectivity index is 1.98. The Bertz CT molecular complexity index is 292. The van der Waals surface area contributed by atoms with Crippen LogP contribution in [-0.2, 0) is 9.47 Å². The summed E-state index contributed by atoms with van der Waals surface area (Å²) in [6.45, 7) is 8.87. The number of rotatable bonds is 3. The molecule has 0 bridgehead atoms. The topological polar surface area (TPSA) is 38.7 Å². The molecule has 4 atom stereocenters. The van der Waals surface area contributed by atoms with Crippen molar-refractivity contribution in [3.05, 3.63) is 0 Å². The van der Waals surface area contributed by atoms with Crippen LogP contribution in [0.5, 0.6) is 0 Å². The molecule has 0 aromatic rings. The maximum Gasteiger partial charge on any atom is 0.163 e. The summed E-state index contributed by atoms with van der Waals surface area (Å²) in [5, 5.41) is 10.6. The van der Waals surface area contributed by atoms with Crippen LogP contribution >= 0.6 is 23.5 Å². The molecule has 0 aliphatic carbocycles. The Morgan fingerprint density at radius 2 is 1.89 bits per heavy atom. The monoisotopic (exact) mass is 306 g/mol. The molecule has 19 heavy (non-hydrogen) atoms. The average molecular weight is 306 g/mol. The zero-order valence-corrected chi connectivity index (χ0v) is 13.9. The smallest absolute Gasteiger partial charge is 0.163 e. The van der Waals surface area contributed by atoms with Crippen LogP contribution in [0.25, 0.3) is 0 Å². The van der Waals surface area contributed by atoms with Crippen molar-refractivity contribution in [1.29, 1.82) is 0 Å². The fourth-order valence-electron chi connectivity index (χ4n) is 2.68. The van der Waals surface area contributed by atoms with Gasteiger partial charge in [-0.2, -0.15) is 0 Å². The van der Waals surface area contributed by atoms with Crippen LogP contribution in [0.15, 0.2) is 0 Å². The second-order valence-corrected chi connectivity index (χ2v) is 8.88. The molecule has 2 aliphatic heterocycles. The highest BCUT2D eigenvalue weighted by atomic mass is 32.2. The normalized spacial score (nSPS) is 35.8. The van der Waals surface area contributed by atoms with Gasteiger partial charge in [0, 0.05) is 11.8 Å². The minimum atomic E-state index is -0.530. The second kappa shape index (κ2) is 6.56. The summed E-state index contributed by atoms with van der Waals surface area (Å²) in [6.07, 6.45) is 1.02. The lowest BCUT2D eigenvalue weighted by Crippen LogP contribution is -2.51. The SMILES string of the molecule is C[C@@H]([C@@H]1OC(C)(C)OC[C@@H]1C)[C@H](O)C1SCCCS1. The highest BCUT2D eigenvalue weighted by Gasteiger charge is 2.41. The molecule has 0 amide bonds. The molecule has 0 radical (unpaired) electrons. The van der Waals surface area contributed by atoms with Gasteiger partial charge in [0.2, 0.25) is 0 Å². The van der Waals surface area contributed by atoms with Gasteiger partial charge in [0.1, 0.15) is 0 Å². The Morgan fingerprint density at radius 3 is 2.53 bits per heavy atom. The number of ether oxygens (including phenoxy) is 2. The van der Waals surface area contributed by atoms with Crippen LogP contribution < -0.4 is 0 Å². The molecule has 1 N–H and O–H groups in total. The van der Waals surface area contributed by atoms with Crippen LogP contribution in [0.1, 0.15) is 34.1 Å². The lowest BCUT2D eigenvalue weighted by molar-refractivity contribution is -0.303. The first-order valence-electron chi connectivity index (χ1n) is 7.14. The van der Waals surface area contributed by atoms with Crippen molar-refractivity contribution in [2.75, 3.05) is 18.1 Å². The van der Waals surface area contributed by atoms with Gasteiger partial charge in [-0.05, 0) is 31.8 Å². The maximum atomic E-state index is 10.6. The molecule has 0 unspecified atom stereocenters. The zero-order chi connectivity index (χ0) is 14.0. The third-order valence-electron chi connectivity index (χ3n) is 3.86. The van der Waals surface area contributed by atoms with E-state index in [2.05, 4.69) is 13.8 Å². The van der Waals surface area contributed by atoms with Gasteiger partial charge in [-0.25, -0.2) is 0 Å². The highest BCUT2D eigenvalue weighted by molar-refractivity contribution is 8.17. The predicted octanol–water partition coefficient (Wildman–Crippen LogP) is 2.97. The summed E-state index contributed by atoms with van der Waals surface area (Å²) in [6, 6.07) is 0. The first kappa shape index (κ1) is 16.0. The van der Waals surface area contributed by atoms with Gasteiger partial charge in [0.15, 0.2) is 5.79 Å². The van der Waals surface area contributed by atoms with Crippen molar-refractivity contribution >= 4 is 23.5 Å². The lowest BCUT2D eigenvalue weighted by atomic mass is 9.89. The summed E-state index contributed by atoms with van der Waals surface area (Å²) in [5.74, 6) is 2.27. The van der Waals surface area contributed by atoms with E-state index >= 15 is 0 Å². The zero-order valence-electron chi connectivity index (χ0n) is 12.3. The average Bonchev–Trinajstić information content (AvgIpc) is 2.41. The summed E-state index contributed by atoms with van der Waals surface area (Å²) in [5.41, 5.74) is 0. The molecule has 0 saturated carbocycles. The van der Waals surface area contributed by atoms with E-state index in [-0.39, 0.29) is 18.1 Å². The molecule has 0 spiro atoms. The van der Waals surface area contributed by atoms with Crippen molar-refractivity contribution in [1.82, 2.24) is 0 Å². The molecule has 3 nitrogen and oxygen atoms in total. The molecule has 2 rings (SSSR count). The van der Waals surface area contributed by atoms with Crippen molar-refractivity contribution in [2.24, 2.45) is 11.8 Å². The van der Waals surface area contributed by atoms with Gasteiger partial charge in [0.05, 0.1) is 23.4 Å². The Labute approximate surface area is 125 Å². The molecular formula is C14H26O3S2. The minimum absolute atomic E-state index is 0.0712. The summed E-state index contributed by atoms with van der Waals surface area (Å²) >= 11 is 3.78. The molecule has 2 fully saturated rings. The third-order valence-corrected chi connectivity index (χ3v) is 6.94. The van der Waals surface area contributed by atoms with Crippen LogP contribution in [-0.4, -0.2) is 45.8 Å². The summed E-state index contributed by atoms with van der Waals surface area (Å²) < 4.78 is 12.0. The van der Waals surface area contributed by atoms with Gasteiger partial charge < -0.3 is 14.6 Å². The second-order valence-electron chi connectivity index (χ2n) is 6.08. The van der Waals surface area contributed by atoms with Crippen molar-refractivity contribution in [3.63, 3.8) is 0 Å². The summed E-state index contributed by atoms with van der Waals surface area (Å²) in [4.78, 5) is 0. The largest absolute Gasteiger partial charge is 0.391 e. The van der Waals surface area contributed by atoms with E-state index in [1.54, 1.807) is 0 Å². The van der Waals surface area contributed by atoms with E-state index in [4.69, 9.17) is 9.47 Å². The lowest BCUT2D eigenvalue weighted by Gasteiger charge is -2.44. The van der Waals surface area contributed by atoms with Crippen LogP contribution in [0.2, 0.25) is 0 Å². The molecule has 5 heteroatoms.